The zero-order valence-electron chi connectivity index (χ0n) is 14.5. The summed E-state index contributed by atoms with van der Waals surface area (Å²) in [5.74, 6) is 2.46. The van der Waals surface area contributed by atoms with E-state index in [4.69, 9.17) is 23.4 Å². The number of nitrogens with zero attached hydrogens (tertiary/aromatic N) is 1. The SMILES string of the molecule is COC1=C[C@H]2[C@@H](C=C1)CCN2c1ccc(OC)cc1.[C-]#[O+].[C-]#[O+].[C-]#[O+].[Fe]. The van der Waals surface area contributed by atoms with Crippen molar-refractivity contribution in [1.82, 2.24) is 0 Å². The van der Waals surface area contributed by atoms with Gasteiger partial charge < -0.3 is 14.4 Å². The third-order valence-electron chi connectivity index (χ3n) is 3.98. The number of hydrogen-bond acceptors (Lipinski definition) is 3. The molecule has 7 heteroatoms. The largest absolute Gasteiger partial charge is 0 e. The fraction of sp³-hybridized carbons (Fsp3) is 0.316. The van der Waals surface area contributed by atoms with E-state index in [2.05, 4.69) is 55.2 Å². The van der Waals surface area contributed by atoms with Crippen LogP contribution in [0.4, 0.5) is 5.69 Å². The van der Waals surface area contributed by atoms with Crippen LogP contribution < -0.4 is 9.64 Å². The summed E-state index contributed by atoms with van der Waals surface area (Å²) in [4.78, 5) is 2.44. The van der Waals surface area contributed by atoms with Gasteiger partial charge in [0, 0.05) is 35.2 Å². The smallest absolute Gasteiger partial charge is 0 e. The van der Waals surface area contributed by atoms with Gasteiger partial charge in [-0.05, 0) is 42.8 Å². The molecule has 1 heterocycles. The van der Waals surface area contributed by atoms with Crippen molar-refractivity contribution in [3.63, 3.8) is 0 Å². The second-order valence-electron chi connectivity index (χ2n) is 4.97. The van der Waals surface area contributed by atoms with Gasteiger partial charge in [-0.3, -0.25) is 0 Å². The molecule has 0 spiro atoms. The number of ether oxygens (including phenoxy) is 2. The molecular weight excluding hydrogens is 378 g/mol. The number of hydrogen-bond donors (Lipinski definition) is 0. The van der Waals surface area contributed by atoms with E-state index in [1.807, 2.05) is 12.1 Å². The Balaban J connectivity index is 0. The minimum atomic E-state index is 0. The Kier molecular flexibility index (Phi) is 15.2. The van der Waals surface area contributed by atoms with Crippen LogP contribution in [0.15, 0.2) is 48.3 Å². The predicted molar refractivity (Wildman–Crippen MR) is 88.3 cm³/mol. The molecule has 1 aromatic rings. The number of rotatable bonds is 3. The Morgan fingerprint density at radius 1 is 0.962 bits per heavy atom. The van der Waals surface area contributed by atoms with Crippen LogP contribution in [0.5, 0.6) is 5.75 Å². The maximum atomic E-state index is 7.50. The zero-order valence-corrected chi connectivity index (χ0v) is 15.6. The maximum absolute atomic E-state index is 7.50. The van der Waals surface area contributed by atoms with Crippen LogP contribution >= 0.6 is 0 Å². The minimum absolute atomic E-state index is 0. The Bertz CT molecular complexity index is 619. The summed E-state index contributed by atoms with van der Waals surface area (Å²) in [5.41, 5.74) is 1.25. The van der Waals surface area contributed by atoms with Gasteiger partial charge in [0.15, 0.2) is 0 Å². The number of allylic oxidation sites excluding steroid dienone is 1. The summed E-state index contributed by atoms with van der Waals surface area (Å²) in [6.45, 7) is 14.6. The van der Waals surface area contributed by atoms with E-state index in [1.54, 1.807) is 14.2 Å². The van der Waals surface area contributed by atoms with Crippen molar-refractivity contribution in [2.24, 2.45) is 5.92 Å². The normalized spacial score (nSPS) is 18.5. The standard InChI is InChI=1S/C16H19NO2.3CO.Fe/c1-18-14-7-4-13(5-8-14)17-10-9-12-3-6-15(19-2)11-16(12)17;3*1-2;/h3-8,11-12,16H,9-10H2,1-2H3;;;;/t12-,16-;;;;/m0..../s1. The summed E-state index contributed by atoms with van der Waals surface area (Å²) in [5, 5.41) is 0. The topological polar surface area (TPSA) is 81.4 Å². The Hall–Kier alpha value is -2.16. The molecule has 1 aliphatic heterocycles. The second kappa shape index (κ2) is 15.1. The van der Waals surface area contributed by atoms with Gasteiger partial charge in [-0.1, -0.05) is 6.08 Å². The van der Waals surface area contributed by atoms with Crippen LogP contribution in [-0.2, 0) is 35.8 Å². The van der Waals surface area contributed by atoms with Crippen LogP contribution in [0.25, 0.3) is 0 Å². The Morgan fingerprint density at radius 2 is 1.54 bits per heavy atom. The van der Waals surface area contributed by atoms with Gasteiger partial charge in [0.2, 0.25) is 0 Å². The molecule has 1 saturated heterocycles. The number of benzene rings is 1. The summed E-state index contributed by atoms with van der Waals surface area (Å²) in [6, 6.07) is 8.69. The molecule has 1 aromatic carbocycles. The van der Waals surface area contributed by atoms with Crippen molar-refractivity contribution < 1.29 is 40.5 Å². The van der Waals surface area contributed by atoms with Crippen LogP contribution in [0.2, 0.25) is 0 Å². The molecule has 0 unspecified atom stereocenters. The Morgan fingerprint density at radius 3 is 2.04 bits per heavy atom. The first-order valence-corrected chi connectivity index (χ1v) is 7.28. The van der Waals surface area contributed by atoms with Crippen molar-refractivity contribution in [3.8, 4) is 5.75 Å². The first-order chi connectivity index (χ1) is 12.3. The van der Waals surface area contributed by atoms with Crippen LogP contribution in [-0.4, -0.2) is 26.8 Å². The summed E-state index contributed by atoms with van der Waals surface area (Å²) < 4.78 is 33.1. The molecule has 0 N–H and O–H groups in total. The molecule has 2 aliphatic rings. The Labute approximate surface area is 164 Å². The first kappa shape index (κ1) is 26.1. The first-order valence-electron chi connectivity index (χ1n) is 7.28. The third kappa shape index (κ3) is 6.62. The van der Waals surface area contributed by atoms with Crippen molar-refractivity contribution in [2.75, 3.05) is 25.7 Å². The quantitative estimate of drug-likeness (QED) is 0.447. The van der Waals surface area contributed by atoms with E-state index < -0.39 is 0 Å². The van der Waals surface area contributed by atoms with E-state index in [1.165, 1.54) is 12.1 Å². The van der Waals surface area contributed by atoms with Crippen LogP contribution in [0, 0.1) is 25.9 Å². The van der Waals surface area contributed by atoms with E-state index >= 15 is 0 Å². The van der Waals surface area contributed by atoms with Crippen molar-refractivity contribution >= 4 is 5.69 Å². The van der Waals surface area contributed by atoms with Gasteiger partial charge in [-0.2, -0.15) is 0 Å². The molecule has 1 fully saturated rings. The fourth-order valence-electron chi connectivity index (χ4n) is 2.92. The molecule has 3 rings (SSSR count). The molecule has 0 saturated carbocycles. The van der Waals surface area contributed by atoms with Crippen molar-refractivity contribution in [1.29, 1.82) is 0 Å². The molecular formula is C19H19FeNO5. The van der Waals surface area contributed by atoms with Crippen molar-refractivity contribution in [3.05, 3.63) is 68.2 Å². The van der Waals surface area contributed by atoms with Crippen molar-refractivity contribution in [2.45, 2.75) is 12.5 Å². The van der Waals surface area contributed by atoms with Crippen LogP contribution in [0.1, 0.15) is 6.42 Å². The van der Waals surface area contributed by atoms with Gasteiger partial charge in [0.05, 0.1) is 20.3 Å². The summed E-state index contributed by atoms with van der Waals surface area (Å²) in [7, 11) is 3.42. The van der Waals surface area contributed by atoms with Crippen LogP contribution in [0.3, 0.4) is 0 Å². The van der Waals surface area contributed by atoms with E-state index in [9.17, 15) is 0 Å². The number of fused-ring (bicyclic) bond motifs is 1. The van der Waals surface area contributed by atoms with Gasteiger partial charge in [0.25, 0.3) is 0 Å². The van der Waals surface area contributed by atoms with Gasteiger partial charge in [-0.25, -0.2) is 0 Å². The van der Waals surface area contributed by atoms with Gasteiger partial charge in [0.1, 0.15) is 11.5 Å². The molecule has 1 aliphatic carbocycles. The molecule has 0 radical (unpaired) electrons. The van der Waals surface area contributed by atoms with Gasteiger partial charge in [-0.15, -0.1) is 0 Å². The summed E-state index contributed by atoms with van der Waals surface area (Å²) in [6.07, 6.45) is 7.77. The average molecular weight is 397 g/mol. The molecule has 26 heavy (non-hydrogen) atoms. The molecule has 0 aromatic heterocycles. The maximum Gasteiger partial charge on any atom is 0 e. The average Bonchev–Trinajstić information content (AvgIpc) is 3.15. The molecule has 0 amide bonds. The minimum Gasteiger partial charge on any atom is 0 e. The summed E-state index contributed by atoms with van der Waals surface area (Å²) >= 11 is 0. The number of anilines is 1. The number of methoxy groups -OCH3 is 2. The van der Waals surface area contributed by atoms with E-state index in [0.717, 1.165) is 18.1 Å². The monoisotopic (exact) mass is 397 g/mol. The molecule has 0 bridgehead atoms. The molecule has 6 nitrogen and oxygen atoms in total. The second-order valence-corrected chi connectivity index (χ2v) is 4.97. The van der Waals surface area contributed by atoms with E-state index in [0.29, 0.717) is 12.0 Å². The van der Waals surface area contributed by atoms with Gasteiger partial charge >= 0.3 is 33.9 Å². The molecule has 2 atom stereocenters. The fourth-order valence-corrected chi connectivity index (χ4v) is 2.92. The predicted octanol–water partition coefficient (Wildman–Crippen LogP) is 2.88. The third-order valence-corrected chi connectivity index (χ3v) is 3.98. The molecule has 138 valence electrons. The van der Waals surface area contributed by atoms with E-state index in [-0.39, 0.29) is 17.1 Å². The zero-order chi connectivity index (χ0) is 19.2.